The van der Waals surface area contributed by atoms with Crippen molar-refractivity contribution in [1.82, 2.24) is 4.23 Å². The Morgan fingerprint density at radius 2 is 0.880 bits per heavy atom. The van der Waals surface area contributed by atoms with E-state index >= 15 is 0 Å². The summed E-state index contributed by atoms with van der Waals surface area (Å²) in [4.78, 5) is 0. The highest BCUT2D eigenvalue weighted by atomic mass is 28.4. The molecule has 0 aromatic carbocycles. The van der Waals surface area contributed by atoms with Gasteiger partial charge in [0.15, 0.2) is 0 Å². The quantitative estimate of drug-likeness (QED) is 0.194. The van der Waals surface area contributed by atoms with E-state index in [-0.39, 0.29) is 0 Å². The fourth-order valence-corrected chi connectivity index (χ4v) is 16.5. The number of allylic oxidation sites excluding steroid dienone is 6. The third kappa shape index (κ3) is 6.57. The molecule has 140 valence electrons. The fourth-order valence-electron chi connectivity index (χ4n) is 4.07. The minimum absolute atomic E-state index is 1.08. The molecule has 25 heavy (non-hydrogen) atoms. The highest BCUT2D eigenvalue weighted by Crippen LogP contribution is 2.38. The van der Waals surface area contributed by atoms with Crippen molar-refractivity contribution in [2.24, 2.45) is 0 Å². The van der Waals surface area contributed by atoms with Gasteiger partial charge in [0.25, 0.3) is 0 Å². The predicted molar refractivity (Wildman–Crippen MR) is 123 cm³/mol. The van der Waals surface area contributed by atoms with Gasteiger partial charge in [-0.25, -0.2) is 0 Å². The Hall–Kier alpha value is -1.17. The summed E-state index contributed by atoms with van der Waals surface area (Å²) in [5.74, 6) is 0. The van der Waals surface area contributed by atoms with Crippen molar-refractivity contribution < 1.29 is 0 Å². The van der Waals surface area contributed by atoms with E-state index in [2.05, 4.69) is 87.1 Å². The van der Waals surface area contributed by atoms with Crippen LogP contribution in [0.5, 0.6) is 0 Å². The molecule has 0 aliphatic carbocycles. The maximum Gasteiger partial charge on any atom is 0.133 e. The summed E-state index contributed by atoms with van der Waals surface area (Å²) in [6.07, 6.45) is 15.1. The molecule has 3 heteroatoms. The Bertz CT molecular complexity index is 362. The lowest BCUT2D eigenvalue weighted by Crippen LogP contribution is -2.66. The lowest BCUT2D eigenvalue weighted by Gasteiger charge is -2.52. The summed E-state index contributed by atoms with van der Waals surface area (Å²) in [7, 11) is -3.62. The summed E-state index contributed by atoms with van der Waals surface area (Å²) in [6.45, 7) is 27.9. The van der Waals surface area contributed by atoms with E-state index in [1.165, 1.54) is 12.8 Å². The van der Waals surface area contributed by atoms with Crippen LogP contribution >= 0.6 is 0 Å². The molecule has 1 nitrogen and oxygen atoms in total. The minimum atomic E-state index is -1.81. The molecule has 0 bridgehead atoms. The zero-order valence-corrected chi connectivity index (χ0v) is 18.5. The van der Waals surface area contributed by atoms with Crippen molar-refractivity contribution in [1.29, 1.82) is 0 Å². The van der Waals surface area contributed by atoms with E-state index in [0.29, 0.717) is 0 Å². The maximum absolute atomic E-state index is 4.09. The SMILES string of the molecule is C=CC[Si](CC=C)(CC=C)N(CCCC)[Si](CC=C)(CC=C)CC=C. The van der Waals surface area contributed by atoms with Crippen LogP contribution in [0.25, 0.3) is 0 Å². The molecule has 0 aliphatic heterocycles. The summed E-state index contributed by atoms with van der Waals surface area (Å²) in [5, 5.41) is 0. The third-order valence-electron chi connectivity index (χ3n) is 5.03. The summed E-state index contributed by atoms with van der Waals surface area (Å²) >= 11 is 0. The second-order valence-corrected chi connectivity index (χ2v) is 15.8. The average molecular weight is 374 g/mol. The molecule has 0 N–H and O–H groups in total. The second kappa shape index (κ2) is 13.1. The molecule has 0 amide bonds. The van der Waals surface area contributed by atoms with Gasteiger partial charge in [-0.2, -0.15) is 0 Å². The summed E-state index contributed by atoms with van der Waals surface area (Å²) in [5.41, 5.74) is 0. The van der Waals surface area contributed by atoms with Crippen LogP contribution in [0.15, 0.2) is 75.9 Å². The van der Waals surface area contributed by atoms with E-state index in [0.717, 1.165) is 42.8 Å². The van der Waals surface area contributed by atoms with E-state index < -0.39 is 16.5 Å². The number of hydrogen-bond acceptors (Lipinski definition) is 1. The van der Waals surface area contributed by atoms with Crippen molar-refractivity contribution in [2.45, 2.75) is 56.0 Å². The van der Waals surface area contributed by atoms with Crippen LogP contribution in [-0.2, 0) is 0 Å². The molecular weight excluding hydrogens is 334 g/mol. The van der Waals surface area contributed by atoms with Crippen molar-refractivity contribution in [3.05, 3.63) is 75.9 Å². The molecule has 0 spiro atoms. The molecule has 0 aromatic heterocycles. The van der Waals surface area contributed by atoms with Gasteiger partial charge in [0.2, 0.25) is 0 Å². The largest absolute Gasteiger partial charge is 0.344 e. The first-order valence-electron chi connectivity index (χ1n) is 9.49. The summed E-state index contributed by atoms with van der Waals surface area (Å²) in [6, 6.07) is 6.47. The number of rotatable bonds is 17. The monoisotopic (exact) mass is 373 g/mol. The van der Waals surface area contributed by atoms with Crippen molar-refractivity contribution >= 4 is 16.5 Å². The molecule has 0 saturated heterocycles. The van der Waals surface area contributed by atoms with Crippen molar-refractivity contribution in [3.63, 3.8) is 0 Å². The fraction of sp³-hybridized carbons (Fsp3) is 0.455. The molecule has 0 rings (SSSR count). The van der Waals surface area contributed by atoms with E-state index in [9.17, 15) is 0 Å². The normalized spacial score (nSPS) is 11.8. The molecule has 0 unspecified atom stereocenters. The van der Waals surface area contributed by atoms with Gasteiger partial charge in [-0.1, -0.05) is 49.8 Å². The van der Waals surface area contributed by atoms with Crippen LogP contribution in [0.4, 0.5) is 0 Å². The van der Waals surface area contributed by atoms with Crippen LogP contribution < -0.4 is 0 Å². The zero-order valence-electron chi connectivity index (χ0n) is 16.5. The van der Waals surface area contributed by atoms with Gasteiger partial charge in [-0.05, 0) is 49.2 Å². The van der Waals surface area contributed by atoms with E-state index in [4.69, 9.17) is 0 Å². The molecule has 0 aliphatic rings. The van der Waals surface area contributed by atoms with Gasteiger partial charge in [0, 0.05) is 0 Å². The molecule has 0 aromatic rings. The first kappa shape index (κ1) is 23.8. The van der Waals surface area contributed by atoms with Gasteiger partial charge < -0.3 is 4.23 Å². The van der Waals surface area contributed by atoms with Crippen LogP contribution in [-0.4, -0.2) is 27.2 Å². The average Bonchev–Trinajstić information content (AvgIpc) is 2.56. The van der Waals surface area contributed by atoms with Crippen molar-refractivity contribution in [3.8, 4) is 0 Å². The Balaban J connectivity index is 6.37. The highest BCUT2D eigenvalue weighted by molar-refractivity contribution is 6.94. The Morgan fingerprint density at radius 1 is 0.600 bits per heavy atom. The molecule has 0 radical (unpaired) electrons. The second-order valence-electron chi connectivity index (χ2n) is 6.91. The standard InChI is InChI=1S/C22H39NSi2/c1-8-15-16-23(24(17-9-2,18-10-3)19-11-4)25(20-12-5,21-13-6)22-14-7/h9-14H,2-8,15-22H2,1H3. The van der Waals surface area contributed by atoms with Crippen LogP contribution in [0, 0.1) is 0 Å². The van der Waals surface area contributed by atoms with Gasteiger partial charge >= 0.3 is 0 Å². The molecule has 0 fully saturated rings. The lowest BCUT2D eigenvalue weighted by atomic mass is 10.3. The Kier molecular flexibility index (Phi) is 12.5. The zero-order chi connectivity index (χ0) is 19.2. The third-order valence-corrected chi connectivity index (χ3v) is 16.9. The number of unbranched alkanes of at least 4 members (excludes halogenated alkanes) is 1. The Labute approximate surface area is 159 Å². The topological polar surface area (TPSA) is 3.24 Å². The molecule has 0 atom stereocenters. The number of hydrogen-bond donors (Lipinski definition) is 0. The molecule has 0 saturated carbocycles. The molecule has 0 heterocycles. The highest BCUT2D eigenvalue weighted by Gasteiger charge is 2.47. The number of nitrogens with zero attached hydrogens (tertiary/aromatic N) is 1. The van der Waals surface area contributed by atoms with E-state index in [1.54, 1.807) is 0 Å². The van der Waals surface area contributed by atoms with Gasteiger partial charge in [-0.3, -0.25) is 0 Å². The van der Waals surface area contributed by atoms with Gasteiger partial charge in [0.1, 0.15) is 16.5 Å². The Morgan fingerprint density at radius 3 is 1.08 bits per heavy atom. The van der Waals surface area contributed by atoms with E-state index in [1.807, 2.05) is 0 Å². The lowest BCUT2D eigenvalue weighted by molar-refractivity contribution is 0.556. The minimum Gasteiger partial charge on any atom is -0.344 e. The first-order chi connectivity index (χ1) is 12.1. The van der Waals surface area contributed by atoms with Gasteiger partial charge in [0.05, 0.1) is 0 Å². The van der Waals surface area contributed by atoms with Crippen LogP contribution in [0.3, 0.4) is 0 Å². The van der Waals surface area contributed by atoms with Crippen LogP contribution in [0.1, 0.15) is 19.8 Å². The maximum atomic E-state index is 4.09. The summed E-state index contributed by atoms with van der Waals surface area (Å²) < 4.78 is 2.96. The predicted octanol–water partition coefficient (Wildman–Crippen LogP) is 7.10. The smallest absolute Gasteiger partial charge is 0.133 e. The molecular formula is C22H39NSi2. The van der Waals surface area contributed by atoms with Gasteiger partial charge in [-0.15, -0.1) is 39.5 Å². The van der Waals surface area contributed by atoms with Crippen molar-refractivity contribution in [2.75, 3.05) is 6.54 Å². The van der Waals surface area contributed by atoms with Crippen LogP contribution in [0.2, 0.25) is 36.3 Å². The first-order valence-corrected chi connectivity index (χ1v) is 14.6.